The van der Waals surface area contributed by atoms with Crippen LogP contribution in [0.25, 0.3) is 0 Å². The van der Waals surface area contributed by atoms with Crippen molar-refractivity contribution in [3.63, 3.8) is 0 Å². The lowest BCUT2D eigenvalue weighted by atomic mass is 10.1. The van der Waals surface area contributed by atoms with E-state index < -0.39 is 0 Å². The number of alkyl carbamates (subject to hydrolysis) is 1. The van der Waals surface area contributed by atoms with E-state index in [1.165, 1.54) is 0 Å². The largest absolute Gasteiger partial charge is 0.461 e. The smallest absolute Gasteiger partial charge is 0.407 e. The molecule has 7 nitrogen and oxygen atoms in total. The van der Waals surface area contributed by atoms with Gasteiger partial charge in [0.1, 0.15) is 12.3 Å². The average Bonchev–Trinajstić information content (AvgIpc) is 2.93. The molecule has 0 saturated carbocycles. The van der Waals surface area contributed by atoms with Crippen molar-refractivity contribution in [2.75, 3.05) is 18.6 Å². The van der Waals surface area contributed by atoms with Gasteiger partial charge in [0.25, 0.3) is 0 Å². The predicted molar refractivity (Wildman–Crippen MR) is 79.7 cm³/mol. The Hall–Kier alpha value is -2.57. The highest BCUT2D eigenvalue weighted by atomic mass is 16.6. The number of rotatable bonds is 4. The molecule has 2 fully saturated rings. The third-order valence-corrected chi connectivity index (χ3v) is 3.52. The molecular weight excluding hydrogens is 286 g/mol. The summed E-state index contributed by atoms with van der Waals surface area (Å²) in [5, 5.41) is 6.83. The van der Waals surface area contributed by atoms with Crippen molar-refractivity contribution in [2.45, 2.75) is 25.3 Å². The Morgan fingerprint density at radius 3 is 2.73 bits per heavy atom. The van der Waals surface area contributed by atoms with E-state index in [2.05, 4.69) is 15.8 Å². The first kappa shape index (κ1) is 14.4. The molecule has 3 rings (SSSR count). The molecule has 1 atom stereocenters. The molecule has 0 aromatic heterocycles. The van der Waals surface area contributed by atoms with Crippen LogP contribution in [0.1, 0.15) is 18.4 Å². The SMILES string of the molecule is O=C1NC(Cc2ccc(NN=C3CCCOC3=O)cc2)CO1. The van der Waals surface area contributed by atoms with Gasteiger partial charge >= 0.3 is 12.1 Å². The molecule has 2 saturated heterocycles. The Labute approximate surface area is 127 Å². The predicted octanol–water partition coefficient (Wildman–Crippen LogP) is 1.44. The number of nitrogens with zero attached hydrogens (tertiary/aromatic N) is 1. The topological polar surface area (TPSA) is 89.0 Å². The number of carbonyl (C=O) groups is 2. The molecule has 116 valence electrons. The van der Waals surface area contributed by atoms with Gasteiger partial charge < -0.3 is 14.8 Å². The van der Waals surface area contributed by atoms with Gasteiger partial charge in [-0.2, -0.15) is 5.10 Å². The zero-order valence-electron chi connectivity index (χ0n) is 12.0. The summed E-state index contributed by atoms with van der Waals surface area (Å²) in [5.41, 5.74) is 5.16. The first-order chi connectivity index (χ1) is 10.7. The second-order valence-electron chi connectivity index (χ2n) is 5.25. The molecule has 2 aliphatic heterocycles. The van der Waals surface area contributed by atoms with E-state index in [1.54, 1.807) is 0 Å². The molecule has 2 N–H and O–H groups in total. The number of amides is 1. The molecule has 7 heteroatoms. The van der Waals surface area contributed by atoms with E-state index >= 15 is 0 Å². The van der Waals surface area contributed by atoms with Crippen LogP contribution in [0.3, 0.4) is 0 Å². The fourth-order valence-corrected chi connectivity index (χ4v) is 2.36. The minimum Gasteiger partial charge on any atom is -0.461 e. The Kier molecular flexibility index (Phi) is 4.22. The molecule has 22 heavy (non-hydrogen) atoms. The third-order valence-electron chi connectivity index (χ3n) is 3.52. The highest BCUT2D eigenvalue weighted by Gasteiger charge is 2.22. The molecule has 0 radical (unpaired) electrons. The molecule has 1 aromatic carbocycles. The number of carbonyl (C=O) groups excluding carboxylic acids is 2. The Morgan fingerprint density at radius 1 is 1.23 bits per heavy atom. The van der Waals surface area contributed by atoms with E-state index in [-0.39, 0.29) is 18.1 Å². The Balaban J connectivity index is 1.56. The standard InChI is InChI=1S/C15H17N3O4/c19-14-13(2-1-7-21-14)18-17-11-5-3-10(4-6-11)8-12-9-22-15(20)16-12/h3-6,12,17H,1-2,7-9H2,(H,16,20). The van der Waals surface area contributed by atoms with Gasteiger partial charge in [-0.25, -0.2) is 9.59 Å². The first-order valence-corrected chi connectivity index (χ1v) is 7.22. The van der Waals surface area contributed by atoms with Crippen molar-refractivity contribution in [3.05, 3.63) is 29.8 Å². The second kappa shape index (κ2) is 6.46. The number of esters is 1. The van der Waals surface area contributed by atoms with Crippen molar-refractivity contribution in [1.82, 2.24) is 5.32 Å². The van der Waals surface area contributed by atoms with Crippen LogP contribution < -0.4 is 10.7 Å². The Morgan fingerprint density at radius 2 is 2.05 bits per heavy atom. The second-order valence-corrected chi connectivity index (χ2v) is 5.25. The Bertz CT molecular complexity index is 597. The molecule has 0 spiro atoms. The van der Waals surface area contributed by atoms with Crippen molar-refractivity contribution >= 4 is 23.5 Å². The number of benzene rings is 1. The van der Waals surface area contributed by atoms with E-state index in [9.17, 15) is 9.59 Å². The summed E-state index contributed by atoms with van der Waals surface area (Å²) in [4.78, 5) is 22.4. The van der Waals surface area contributed by atoms with Crippen LogP contribution >= 0.6 is 0 Å². The highest BCUT2D eigenvalue weighted by Crippen LogP contribution is 2.13. The van der Waals surface area contributed by atoms with Crippen LogP contribution in [0.2, 0.25) is 0 Å². The van der Waals surface area contributed by atoms with Crippen molar-refractivity contribution in [3.8, 4) is 0 Å². The molecule has 0 aliphatic carbocycles. The summed E-state index contributed by atoms with van der Waals surface area (Å²) < 4.78 is 9.78. The van der Waals surface area contributed by atoms with E-state index in [4.69, 9.17) is 9.47 Å². The number of anilines is 1. The minimum atomic E-state index is -0.363. The van der Waals surface area contributed by atoms with Crippen LogP contribution in [-0.2, 0) is 20.7 Å². The fourth-order valence-electron chi connectivity index (χ4n) is 2.36. The zero-order chi connectivity index (χ0) is 15.4. The number of cyclic esters (lactones) is 2. The number of hydrogen-bond donors (Lipinski definition) is 2. The normalized spacial score (nSPS) is 22.9. The van der Waals surface area contributed by atoms with E-state index in [1.807, 2.05) is 24.3 Å². The quantitative estimate of drug-likeness (QED) is 0.649. The van der Waals surface area contributed by atoms with Crippen molar-refractivity contribution in [2.24, 2.45) is 5.10 Å². The third kappa shape index (κ3) is 3.55. The lowest BCUT2D eigenvalue weighted by Crippen LogP contribution is -2.28. The lowest BCUT2D eigenvalue weighted by molar-refractivity contribution is -0.137. The van der Waals surface area contributed by atoms with E-state index in [0.29, 0.717) is 31.8 Å². The van der Waals surface area contributed by atoms with E-state index in [0.717, 1.165) is 17.7 Å². The summed E-state index contributed by atoms with van der Waals surface area (Å²) in [5.74, 6) is -0.354. The van der Waals surface area contributed by atoms with Gasteiger partial charge in [0.15, 0.2) is 0 Å². The lowest BCUT2D eigenvalue weighted by Gasteiger charge is -2.13. The van der Waals surface area contributed by atoms with Crippen LogP contribution in [0.15, 0.2) is 29.4 Å². The van der Waals surface area contributed by atoms with Gasteiger partial charge in [0.2, 0.25) is 0 Å². The van der Waals surface area contributed by atoms with Gasteiger partial charge in [-0.05, 0) is 30.5 Å². The molecule has 1 amide bonds. The number of ether oxygens (including phenoxy) is 2. The minimum absolute atomic E-state index is 0.0172. The molecule has 1 aromatic rings. The molecular formula is C15H17N3O4. The van der Waals surface area contributed by atoms with Crippen LogP contribution in [0.4, 0.5) is 10.5 Å². The van der Waals surface area contributed by atoms with Gasteiger partial charge in [-0.15, -0.1) is 0 Å². The summed E-state index contributed by atoms with van der Waals surface area (Å²) in [6.45, 7) is 0.864. The van der Waals surface area contributed by atoms with Gasteiger partial charge in [0.05, 0.1) is 18.3 Å². The summed E-state index contributed by atoms with van der Waals surface area (Å²) in [7, 11) is 0. The number of hydrazone groups is 1. The number of hydrogen-bond acceptors (Lipinski definition) is 6. The van der Waals surface area contributed by atoms with Crippen LogP contribution in [-0.4, -0.2) is 37.0 Å². The number of nitrogens with one attached hydrogen (secondary N) is 2. The molecule has 1 unspecified atom stereocenters. The summed E-state index contributed by atoms with van der Waals surface area (Å²) >= 11 is 0. The monoisotopic (exact) mass is 303 g/mol. The maximum Gasteiger partial charge on any atom is 0.407 e. The highest BCUT2D eigenvalue weighted by molar-refractivity contribution is 6.36. The zero-order valence-corrected chi connectivity index (χ0v) is 12.0. The summed E-state index contributed by atoms with van der Waals surface area (Å²) in [6.07, 6.45) is 1.79. The summed E-state index contributed by atoms with van der Waals surface area (Å²) in [6, 6.07) is 7.68. The first-order valence-electron chi connectivity index (χ1n) is 7.22. The molecule has 2 heterocycles. The molecule has 0 bridgehead atoms. The van der Waals surface area contributed by atoms with Gasteiger partial charge in [-0.1, -0.05) is 12.1 Å². The van der Waals surface area contributed by atoms with Crippen molar-refractivity contribution in [1.29, 1.82) is 0 Å². The van der Waals surface area contributed by atoms with Gasteiger partial charge in [-0.3, -0.25) is 5.43 Å². The maximum absolute atomic E-state index is 11.5. The van der Waals surface area contributed by atoms with Crippen LogP contribution in [0, 0.1) is 0 Å². The van der Waals surface area contributed by atoms with Crippen molar-refractivity contribution < 1.29 is 19.1 Å². The van der Waals surface area contributed by atoms with Crippen LogP contribution in [0.5, 0.6) is 0 Å². The fraction of sp³-hybridized carbons (Fsp3) is 0.400. The van der Waals surface area contributed by atoms with Gasteiger partial charge in [0, 0.05) is 6.42 Å². The molecule has 2 aliphatic rings. The average molecular weight is 303 g/mol. The maximum atomic E-state index is 11.5.